The minimum absolute atomic E-state index is 0. The van der Waals surface area contributed by atoms with Crippen LogP contribution in [-0.4, -0.2) is 47.6 Å². The number of nitrogens with zero attached hydrogens (tertiary/aromatic N) is 1. The number of nitrogens with two attached hydrogens (primary N) is 2. The van der Waals surface area contributed by atoms with Gasteiger partial charge in [-0.25, -0.2) is 13.6 Å². The number of primary sulfonamides is 1. The van der Waals surface area contributed by atoms with Crippen molar-refractivity contribution < 1.29 is 25.6 Å². The van der Waals surface area contributed by atoms with Crippen LogP contribution in [0.2, 0.25) is 0 Å². The van der Waals surface area contributed by atoms with Crippen LogP contribution < -0.4 is 11.0 Å². The Morgan fingerprint density at radius 1 is 1.44 bits per heavy atom. The smallest absolute Gasteiger partial charge is 0.354 e. The van der Waals surface area contributed by atoms with Gasteiger partial charge in [0.2, 0.25) is 10.0 Å². The second-order valence-electron chi connectivity index (χ2n) is 6.02. The van der Waals surface area contributed by atoms with E-state index in [1.807, 2.05) is 6.92 Å². The summed E-state index contributed by atoms with van der Waals surface area (Å²) in [5.74, 6) is 6.13. The number of hydrogen-bond donors (Lipinski definition) is 2. The Morgan fingerprint density at radius 3 is 2.60 bits per heavy atom. The van der Waals surface area contributed by atoms with E-state index in [1.54, 1.807) is 7.11 Å². The molecule has 1 aromatic heterocycles. The molecule has 1 aromatic rings. The zero-order valence-corrected chi connectivity index (χ0v) is 17.4. The Morgan fingerprint density at radius 2 is 2.08 bits per heavy atom. The summed E-state index contributed by atoms with van der Waals surface area (Å²) in [4.78, 5) is 0. The van der Waals surface area contributed by atoms with E-state index in [-0.39, 0.29) is 39.8 Å². The molecule has 2 heterocycles. The Hall–Kier alpha value is -0.270. The molecule has 0 saturated heterocycles. The molecule has 0 aliphatic carbocycles. The molecule has 8 nitrogen and oxygen atoms in total. The SMILES string of the molecule is CCCC1C[N+](N)(CCCOC)S(=O)(=O)c2sc(S(N)(=O)=O)cc21.Cl. The van der Waals surface area contributed by atoms with Crippen LogP contribution in [-0.2, 0) is 24.8 Å². The topological polar surface area (TPSA) is 130 Å². The maximum absolute atomic E-state index is 13.0. The van der Waals surface area contributed by atoms with E-state index < -0.39 is 24.0 Å². The van der Waals surface area contributed by atoms with Gasteiger partial charge in [0.05, 0.1) is 6.61 Å². The molecule has 0 saturated carbocycles. The minimum atomic E-state index is -3.96. The molecule has 4 N–H and O–H groups in total. The van der Waals surface area contributed by atoms with E-state index in [1.165, 1.54) is 6.07 Å². The molecule has 2 rings (SSSR count). The van der Waals surface area contributed by atoms with Crippen molar-refractivity contribution in [2.45, 2.75) is 40.5 Å². The van der Waals surface area contributed by atoms with Gasteiger partial charge in [0.25, 0.3) is 0 Å². The third-order valence-electron chi connectivity index (χ3n) is 4.19. The molecule has 0 spiro atoms. The Balaban J connectivity index is 0.00000312. The van der Waals surface area contributed by atoms with E-state index in [0.717, 1.165) is 12.8 Å². The van der Waals surface area contributed by atoms with Crippen molar-refractivity contribution in [1.29, 1.82) is 0 Å². The fourth-order valence-corrected chi connectivity index (χ4v) is 7.62. The van der Waals surface area contributed by atoms with Crippen molar-refractivity contribution in [2.24, 2.45) is 11.0 Å². The molecule has 0 amide bonds. The van der Waals surface area contributed by atoms with Gasteiger partial charge < -0.3 is 4.74 Å². The van der Waals surface area contributed by atoms with Gasteiger partial charge in [-0.05, 0) is 18.1 Å². The highest BCUT2D eigenvalue weighted by molar-refractivity contribution is 7.92. The van der Waals surface area contributed by atoms with Crippen LogP contribution in [0.15, 0.2) is 14.5 Å². The standard InChI is InChI=1S/C13H24N3O5S3.ClH/c1-3-5-10-9-16(14,6-4-7-21-2)24(19,20)13-11(10)8-12(22-13)23(15,17)18;/h8,10H,3-7,9,14H2,1-2H3,(H2,15,17,18);1H/q+1;. The van der Waals surface area contributed by atoms with Crippen LogP contribution in [0.4, 0.5) is 0 Å². The Kier molecular flexibility index (Phi) is 7.44. The van der Waals surface area contributed by atoms with E-state index in [4.69, 9.17) is 15.7 Å². The monoisotopic (exact) mass is 434 g/mol. The first kappa shape index (κ1) is 22.8. The molecule has 12 heteroatoms. The lowest BCUT2D eigenvalue weighted by molar-refractivity contribution is -0.822. The van der Waals surface area contributed by atoms with Crippen LogP contribution in [0.25, 0.3) is 0 Å². The molecule has 1 aliphatic rings. The zero-order chi connectivity index (χ0) is 18.2. The molecule has 0 aromatic carbocycles. The second kappa shape index (κ2) is 8.17. The molecule has 0 fully saturated rings. The van der Waals surface area contributed by atoms with Crippen LogP contribution >= 0.6 is 23.7 Å². The number of quaternary nitrogens is 1. The fourth-order valence-electron chi connectivity index (χ4n) is 3.01. The van der Waals surface area contributed by atoms with Gasteiger partial charge in [-0.2, -0.15) is 14.3 Å². The van der Waals surface area contributed by atoms with Crippen molar-refractivity contribution in [3.8, 4) is 0 Å². The van der Waals surface area contributed by atoms with Gasteiger partial charge in [0.1, 0.15) is 17.3 Å². The summed E-state index contributed by atoms with van der Waals surface area (Å²) in [5.41, 5.74) is 0.525. The number of fused-ring (bicyclic) bond motifs is 1. The number of thiophene rings is 1. The first-order chi connectivity index (χ1) is 11.1. The second-order valence-corrected chi connectivity index (χ2v) is 11.2. The van der Waals surface area contributed by atoms with E-state index in [2.05, 4.69) is 0 Å². The molecule has 25 heavy (non-hydrogen) atoms. The summed E-state index contributed by atoms with van der Waals surface area (Å²) < 4.78 is 53.5. The molecule has 0 bridgehead atoms. The molecule has 146 valence electrons. The van der Waals surface area contributed by atoms with E-state index in [9.17, 15) is 16.8 Å². The Labute approximate surface area is 159 Å². The normalized spacial score (nSPS) is 25.2. The highest BCUT2D eigenvalue weighted by Crippen LogP contribution is 2.44. The van der Waals surface area contributed by atoms with Crippen LogP contribution in [0, 0.1) is 0 Å². The lowest BCUT2D eigenvalue weighted by Gasteiger charge is -2.37. The summed E-state index contributed by atoms with van der Waals surface area (Å²) in [7, 11) is -6.31. The average molecular weight is 435 g/mol. The van der Waals surface area contributed by atoms with Crippen molar-refractivity contribution in [1.82, 2.24) is 0 Å². The molecular formula is C13H25ClN3O5S3+. The quantitative estimate of drug-likeness (QED) is 0.376. The molecule has 1 aliphatic heterocycles. The number of methoxy groups -OCH3 is 1. The lowest BCUT2D eigenvalue weighted by atomic mass is 9.96. The number of halogens is 1. The maximum Gasteiger partial charge on any atom is 0.354 e. The third-order valence-corrected chi connectivity index (χ3v) is 9.43. The number of hydrogen-bond acceptors (Lipinski definition) is 7. The predicted molar refractivity (Wildman–Crippen MR) is 98.4 cm³/mol. The number of ether oxygens (including phenoxy) is 1. The summed E-state index contributed by atoms with van der Waals surface area (Å²) in [6, 6.07) is 1.39. The van der Waals surface area contributed by atoms with Gasteiger partial charge >= 0.3 is 10.0 Å². The predicted octanol–water partition coefficient (Wildman–Crippen LogP) is 1.13. The summed E-state index contributed by atoms with van der Waals surface area (Å²) >= 11 is 0.693. The van der Waals surface area contributed by atoms with Gasteiger partial charge in [0, 0.05) is 19.4 Å². The largest absolute Gasteiger partial charge is 0.384 e. The average Bonchev–Trinajstić information content (AvgIpc) is 2.92. The lowest BCUT2D eigenvalue weighted by Crippen LogP contribution is -2.62. The van der Waals surface area contributed by atoms with Crippen molar-refractivity contribution >= 4 is 43.8 Å². The Bertz CT molecular complexity index is 809. The van der Waals surface area contributed by atoms with E-state index >= 15 is 0 Å². The van der Waals surface area contributed by atoms with Crippen LogP contribution in [0.5, 0.6) is 0 Å². The molecule has 2 unspecified atom stereocenters. The zero-order valence-electron chi connectivity index (χ0n) is 14.2. The number of sulfonamides is 2. The van der Waals surface area contributed by atoms with Gasteiger partial charge in [-0.3, -0.25) is 0 Å². The summed E-state index contributed by atoms with van der Waals surface area (Å²) in [5, 5.41) is 5.18. The molecular weight excluding hydrogens is 410 g/mol. The number of rotatable bonds is 7. The maximum atomic E-state index is 13.0. The molecule has 0 radical (unpaired) electrons. The highest BCUT2D eigenvalue weighted by Gasteiger charge is 2.50. The van der Waals surface area contributed by atoms with Gasteiger partial charge in [-0.15, -0.1) is 27.7 Å². The first-order valence-corrected chi connectivity index (χ1v) is 11.4. The summed E-state index contributed by atoms with van der Waals surface area (Å²) in [6.07, 6.45) is 2.06. The molecule has 2 atom stereocenters. The minimum Gasteiger partial charge on any atom is -0.384 e. The first-order valence-electron chi connectivity index (χ1n) is 7.63. The van der Waals surface area contributed by atoms with Gasteiger partial charge in [-0.1, -0.05) is 13.3 Å². The van der Waals surface area contributed by atoms with Crippen molar-refractivity contribution in [2.75, 3.05) is 26.8 Å². The highest BCUT2D eigenvalue weighted by atomic mass is 35.5. The van der Waals surface area contributed by atoms with Crippen LogP contribution in [0.1, 0.15) is 37.7 Å². The van der Waals surface area contributed by atoms with Crippen molar-refractivity contribution in [3.63, 3.8) is 0 Å². The van der Waals surface area contributed by atoms with Crippen molar-refractivity contribution in [3.05, 3.63) is 11.6 Å². The van der Waals surface area contributed by atoms with Crippen LogP contribution in [0.3, 0.4) is 0 Å². The summed E-state index contributed by atoms with van der Waals surface area (Å²) in [6.45, 7) is 2.82. The fraction of sp³-hybridized carbons (Fsp3) is 0.692. The van der Waals surface area contributed by atoms with E-state index in [0.29, 0.717) is 29.9 Å². The van der Waals surface area contributed by atoms with Gasteiger partial charge in [0.15, 0.2) is 4.21 Å². The third kappa shape index (κ3) is 4.35.